The third kappa shape index (κ3) is 15.1. The first-order valence-electron chi connectivity index (χ1n) is 20.9. The fraction of sp³-hybridized carbons (Fsp3) is 0.591. The number of carbonyl (C=O) groups is 6. The number of aliphatic hydroxyl groups excluding tert-OH is 1. The van der Waals surface area contributed by atoms with E-state index in [0.29, 0.717) is 37.2 Å². The van der Waals surface area contributed by atoms with Gasteiger partial charge in [0, 0.05) is 12.8 Å². The van der Waals surface area contributed by atoms with Crippen molar-refractivity contribution < 1.29 is 43.3 Å². The van der Waals surface area contributed by atoms with Crippen LogP contribution in [-0.2, 0) is 39.9 Å². The van der Waals surface area contributed by atoms with E-state index in [2.05, 4.69) is 26.6 Å². The lowest BCUT2D eigenvalue weighted by atomic mass is 9.83. The topological polar surface area (TPSA) is 201 Å². The summed E-state index contributed by atoms with van der Waals surface area (Å²) in [6.45, 7) is 6.89. The van der Waals surface area contributed by atoms with Gasteiger partial charge in [-0.25, -0.2) is 4.79 Å². The lowest BCUT2D eigenvalue weighted by Gasteiger charge is -2.32. The Bertz CT molecular complexity index is 1670. The molecule has 1 aliphatic carbocycles. The Labute approximate surface area is 342 Å². The van der Waals surface area contributed by atoms with Gasteiger partial charge in [0.25, 0.3) is 5.91 Å². The van der Waals surface area contributed by atoms with E-state index in [1.54, 1.807) is 51.1 Å². The maximum Gasteiger partial charge on any atom is 0.333 e. The maximum absolute atomic E-state index is 14.2. The number of carbonyl (C=O) groups excluding carboxylic acids is 6. The molecule has 2 bridgehead atoms. The number of amides is 5. The standard InChI is InChI=1S/C44H63N5O9/c1-5-17-33(39(52)42(55)45-28-36(51)49-38(31-21-12-9-13-22-31)43(56)58-44(2,3)4)46-40(53)34-27-29-18-16-23-32(26-29)57-25-15-7-6-14-24-35(50)48-37(41(54)47-34)30-19-10-8-11-20-30/h9,12-13,16,18,21-23,26,30,33-34,37-39,52H,5-8,10-11,14-15,17,19-20,24-25,27-28H2,1-4H3,(H,45,55)(H,46,53)(H,47,54)(H,48,50)(H,49,51)/t33?,34-,37-,38-,39?/m0/s1. The average Bonchev–Trinajstić information content (AvgIpc) is 3.19. The number of hydrogen-bond donors (Lipinski definition) is 6. The van der Waals surface area contributed by atoms with E-state index in [9.17, 15) is 33.9 Å². The van der Waals surface area contributed by atoms with Crippen LogP contribution in [0.3, 0.4) is 0 Å². The van der Waals surface area contributed by atoms with Crippen LogP contribution in [0.25, 0.3) is 0 Å². The number of benzene rings is 2. The van der Waals surface area contributed by atoms with Crippen LogP contribution in [0.5, 0.6) is 5.75 Å². The second kappa shape index (κ2) is 22.8. The van der Waals surface area contributed by atoms with Crippen molar-refractivity contribution in [2.45, 2.75) is 147 Å². The molecule has 1 aliphatic heterocycles. The molecule has 0 spiro atoms. The van der Waals surface area contributed by atoms with Crippen LogP contribution in [0, 0.1) is 5.92 Å². The first-order valence-corrected chi connectivity index (χ1v) is 20.9. The molecule has 2 aromatic carbocycles. The SMILES string of the molecule is CCCC(NC(=O)[C@@H]1Cc2cccc(c2)OCCCCCCC(=O)N[C@@H](C2CCCCC2)C(=O)N1)C(O)C(=O)NCC(=O)N[C@H](C(=O)OC(C)(C)C)c1ccccc1. The van der Waals surface area contributed by atoms with E-state index >= 15 is 0 Å². The van der Waals surface area contributed by atoms with Crippen LogP contribution in [-0.4, -0.2) is 83.6 Å². The van der Waals surface area contributed by atoms with Gasteiger partial charge in [-0.05, 0) is 82.1 Å². The summed E-state index contributed by atoms with van der Waals surface area (Å²) in [6, 6.07) is 11.7. The minimum absolute atomic E-state index is 0.0711. The molecule has 4 rings (SSSR count). The van der Waals surface area contributed by atoms with Crippen molar-refractivity contribution in [3.8, 4) is 5.75 Å². The zero-order valence-corrected chi connectivity index (χ0v) is 34.5. The highest BCUT2D eigenvalue weighted by Gasteiger charge is 2.36. The van der Waals surface area contributed by atoms with Crippen molar-refractivity contribution in [1.82, 2.24) is 26.6 Å². The van der Waals surface area contributed by atoms with Crippen molar-refractivity contribution in [3.63, 3.8) is 0 Å². The van der Waals surface area contributed by atoms with Gasteiger partial charge in [0.1, 0.15) is 23.4 Å². The van der Waals surface area contributed by atoms with Crippen LogP contribution < -0.4 is 31.3 Å². The summed E-state index contributed by atoms with van der Waals surface area (Å²) in [5, 5.41) is 25.0. The summed E-state index contributed by atoms with van der Waals surface area (Å²) in [6.07, 6.45) is 7.05. The van der Waals surface area contributed by atoms with Gasteiger partial charge in [-0.1, -0.05) is 87.9 Å². The molecule has 1 heterocycles. The molecule has 14 heteroatoms. The molecule has 2 aromatic rings. The molecule has 14 nitrogen and oxygen atoms in total. The molecule has 1 fully saturated rings. The van der Waals surface area contributed by atoms with E-state index in [1.165, 1.54) is 0 Å². The third-order valence-corrected chi connectivity index (χ3v) is 10.3. The van der Waals surface area contributed by atoms with Crippen LogP contribution >= 0.6 is 0 Å². The Morgan fingerprint density at radius 1 is 0.897 bits per heavy atom. The van der Waals surface area contributed by atoms with Crippen LogP contribution in [0.2, 0.25) is 0 Å². The quantitative estimate of drug-likeness (QED) is 0.171. The zero-order valence-electron chi connectivity index (χ0n) is 34.5. The number of fused-ring (bicyclic) bond motifs is 2. The molecule has 318 valence electrons. The Kier molecular flexibility index (Phi) is 18.0. The molecular weight excluding hydrogens is 743 g/mol. The highest BCUT2D eigenvalue weighted by atomic mass is 16.6. The Morgan fingerprint density at radius 2 is 1.60 bits per heavy atom. The van der Waals surface area contributed by atoms with Crippen molar-refractivity contribution in [3.05, 3.63) is 65.7 Å². The van der Waals surface area contributed by atoms with Gasteiger partial charge < -0.3 is 41.2 Å². The summed E-state index contributed by atoms with van der Waals surface area (Å²) < 4.78 is 11.5. The fourth-order valence-electron chi connectivity index (χ4n) is 7.37. The van der Waals surface area contributed by atoms with Gasteiger partial charge >= 0.3 is 5.97 Å². The summed E-state index contributed by atoms with van der Waals surface area (Å²) in [7, 11) is 0. The van der Waals surface area contributed by atoms with Gasteiger partial charge in [-0.3, -0.25) is 24.0 Å². The molecule has 0 radical (unpaired) electrons. The number of hydrogen-bond acceptors (Lipinski definition) is 9. The zero-order chi connectivity index (χ0) is 42.1. The van der Waals surface area contributed by atoms with Crippen molar-refractivity contribution in [2.75, 3.05) is 13.2 Å². The third-order valence-electron chi connectivity index (χ3n) is 10.3. The number of esters is 1. The summed E-state index contributed by atoms with van der Waals surface area (Å²) >= 11 is 0. The number of rotatable bonds is 12. The first kappa shape index (κ1) is 45.7. The van der Waals surface area contributed by atoms with E-state index in [4.69, 9.17) is 9.47 Å². The van der Waals surface area contributed by atoms with Crippen molar-refractivity contribution in [2.24, 2.45) is 5.92 Å². The number of ether oxygens (including phenoxy) is 2. The lowest BCUT2D eigenvalue weighted by molar-refractivity contribution is -0.158. The molecule has 58 heavy (non-hydrogen) atoms. The van der Waals surface area contributed by atoms with Crippen molar-refractivity contribution >= 4 is 35.5 Å². The molecule has 0 saturated heterocycles. The fourth-order valence-corrected chi connectivity index (χ4v) is 7.37. The highest BCUT2D eigenvalue weighted by Crippen LogP contribution is 2.27. The largest absolute Gasteiger partial charge is 0.494 e. The molecule has 1 saturated carbocycles. The van der Waals surface area contributed by atoms with Crippen LogP contribution in [0.4, 0.5) is 0 Å². The predicted octanol–water partition coefficient (Wildman–Crippen LogP) is 4.08. The van der Waals surface area contributed by atoms with Gasteiger partial charge in [0.15, 0.2) is 12.1 Å². The predicted molar refractivity (Wildman–Crippen MR) is 218 cm³/mol. The summed E-state index contributed by atoms with van der Waals surface area (Å²) in [5.74, 6) is -3.04. The van der Waals surface area contributed by atoms with Gasteiger partial charge in [-0.15, -0.1) is 0 Å². The minimum Gasteiger partial charge on any atom is -0.494 e. The maximum atomic E-state index is 14.2. The van der Waals surface area contributed by atoms with E-state index in [0.717, 1.165) is 56.9 Å². The first-order chi connectivity index (χ1) is 27.7. The van der Waals surface area contributed by atoms with Crippen LogP contribution in [0.1, 0.15) is 122 Å². The lowest BCUT2D eigenvalue weighted by Crippen LogP contribution is -2.59. The van der Waals surface area contributed by atoms with Crippen molar-refractivity contribution in [1.29, 1.82) is 0 Å². The Balaban J connectivity index is 1.49. The monoisotopic (exact) mass is 805 g/mol. The summed E-state index contributed by atoms with van der Waals surface area (Å²) in [4.78, 5) is 80.8. The molecule has 0 aromatic heterocycles. The van der Waals surface area contributed by atoms with Gasteiger partial charge in [0.05, 0.1) is 19.2 Å². The Morgan fingerprint density at radius 3 is 2.31 bits per heavy atom. The Hall–Kier alpha value is -4.98. The van der Waals surface area contributed by atoms with Gasteiger partial charge in [0.2, 0.25) is 23.6 Å². The number of nitrogens with one attached hydrogen (secondary N) is 5. The molecule has 5 atom stereocenters. The molecule has 6 N–H and O–H groups in total. The molecular formula is C44H63N5O9. The minimum atomic E-state index is -1.76. The van der Waals surface area contributed by atoms with Gasteiger partial charge in [-0.2, -0.15) is 0 Å². The van der Waals surface area contributed by atoms with E-state index < -0.39 is 72.0 Å². The van der Waals surface area contributed by atoms with Crippen LogP contribution in [0.15, 0.2) is 54.6 Å². The summed E-state index contributed by atoms with van der Waals surface area (Å²) in [5.41, 5.74) is 0.391. The molecule has 5 amide bonds. The van der Waals surface area contributed by atoms with E-state index in [-0.39, 0.29) is 24.7 Å². The molecule has 2 unspecified atom stereocenters. The normalized spacial score (nSPS) is 20.4. The molecule has 2 aliphatic rings. The average molecular weight is 806 g/mol. The smallest absolute Gasteiger partial charge is 0.333 e. The second-order valence-corrected chi connectivity index (χ2v) is 16.4. The second-order valence-electron chi connectivity index (χ2n) is 16.4. The highest BCUT2D eigenvalue weighted by molar-refractivity contribution is 5.93. The van der Waals surface area contributed by atoms with E-state index in [1.807, 2.05) is 31.2 Å². The number of aliphatic hydroxyl groups is 1.